The second kappa shape index (κ2) is 12.3. The average Bonchev–Trinajstić information content (AvgIpc) is 3.03. The highest BCUT2D eigenvalue weighted by Crippen LogP contribution is 2.67. The summed E-state index contributed by atoms with van der Waals surface area (Å²) in [6.45, 7) is 11.2. The molecule has 4 unspecified atom stereocenters. The molecule has 1 fully saturated rings. The van der Waals surface area contributed by atoms with E-state index in [0.717, 1.165) is 19.3 Å². The van der Waals surface area contributed by atoms with Crippen LogP contribution in [0.25, 0.3) is 0 Å². The van der Waals surface area contributed by atoms with Gasteiger partial charge in [0.25, 0.3) is 0 Å². The number of hydrogen-bond acceptors (Lipinski definition) is 6. The van der Waals surface area contributed by atoms with E-state index in [9.17, 15) is 30.0 Å². The van der Waals surface area contributed by atoms with Gasteiger partial charge in [-0.2, -0.15) is 0 Å². The Morgan fingerprint density at radius 1 is 1.00 bits per heavy atom. The summed E-state index contributed by atoms with van der Waals surface area (Å²) in [5.74, 6) is -1.52. The van der Waals surface area contributed by atoms with E-state index in [1.807, 2.05) is 27.7 Å². The number of rotatable bonds is 13. The number of ketones is 1. The molecule has 39 heavy (non-hydrogen) atoms. The Labute approximate surface area is 236 Å². The summed E-state index contributed by atoms with van der Waals surface area (Å²) in [7, 11) is 1.80. The number of unbranched alkanes of at least 4 members (excludes halogenated alkanes) is 8. The molecule has 7 heteroatoms. The highest BCUT2D eigenvalue weighted by Gasteiger charge is 2.73. The molecule has 0 aromatic carbocycles. The van der Waals surface area contributed by atoms with Crippen molar-refractivity contribution in [2.24, 2.45) is 22.7 Å². The van der Waals surface area contributed by atoms with E-state index in [1.165, 1.54) is 38.5 Å². The molecule has 0 saturated heterocycles. The minimum absolute atomic E-state index is 0.0692. The zero-order chi connectivity index (χ0) is 29.2. The molecule has 0 aromatic heterocycles. The molecule has 6 nitrogen and oxygen atoms in total. The topological polar surface area (TPSA) is 115 Å². The standard InChI is InChI=1S/C32H52BO6/c1-7-8-9-10-11-12-13-14-15-16-25(35)33-30(6)19-22(3)31-18-21(2)26(36)32(31,39)27(37)23(20-34)17-24(28(31)38)29(30,4)5/h17-18,22,24,26-27,34,36-37,39H,7-16,19-20H2,1-6H3/t22-,24?,26+,27?,30-,31?,32?/m1/s1. The maximum absolute atomic E-state index is 14.5. The fraction of sp³-hybridized carbons (Fsp3) is 0.812. The van der Waals surface area contributed by atoms with E-state index < -0.39 is 52.4 Å². The second-order valence-electron chi connectivity index (χ2n) is 13.6. The van der Waals surface area contributed by atoms with Crippen LogP contribution in [0.4, 0.5) is 0 Å². The number of Topliss-reactive ketones (excluding diaryl/α,β-unsaturated/α-hetero) is 1. The van der Waals surface area contributed by atoms with Crippen molar-refractivity contribution >= 4 is 18.7 Å². The van der Waals surface area contributed by atoms with Crippen molar-refractivity contribution in [2.75, 3.05) is 6.61 Å². The molecule has 3 rings (SSSR count). The van der Waals surface area contributed by atoms with E-state index in [2.05, 4.69) is 6.92 Å². The molecule has 1 radical (unpaired) electrons. The van der Waals surface area contributed by atoms with Gasteiger partial charge in [0.05, 0.1) is 17.7 Å². The van der Waals surface area contributed by atoms with Crippen molar-refractivity contribution in [3.05, 3.63) is 23.3 Å². The van der Waals surface area contributed by atoms with Gasteiger partial charge in [0.15, 0.2) is 5.78 Å². The largest absolute Gasteiger partial charge is 0.392 e. The third-order valence-corrected chi connectivity index (χ3v) is 10.8. The molecule has 7 atom stereocenters. The van der Waals surface area contributed by atoms with Crippen molar-refractivity contribution in [3.63, 3.8) is 0 Å². The van der Waals surface area contributed by atoms with Crippen LogP contribution in [0.2, 0.25) is 5.31 Å². The number of carbonyl (C=O) groups excluding carboxylic acids is 2. The number of carbonyl (C=O) groups is 2. The lowest BCUT2D eigenvalue weighted by molar-refractivity contribution is -0.189. The lowest BCUT2D eigenvalue weighted by Gasteiger charge is -2.49. The van der Waals surface area contributed by atoms with E-state index in [-0.39, 0.29) is 17.0 Å². The normalized spacial score (nSPS) is 37.4. The van der Waals surface area contributed by atoms with Crippen LogP contribution in [-0.4, -0.2) is 63.6 Å². The van der Waals surface area contributed by atoms with Crippen LogP contribution in [0.1, 0.15) is 112 Å². The number of allylic oxidation sites excluding steroid dienone is 1. The molecule has 3 aliphatic carbocycles. The number of aliphatic hydroxyl groups is 4. The maximum Gasteiger partial charge on any atom is 0.209 e. The van der Waals surface area contributed by atoms with Gasteiger partial charge in [-0.05, 0) is 47.6 Å². The van der Waals surface area contributed by atoms with Gasteiger partial charge in [-0.15, -0.1) is 0 Å². The third kappa shape index (κ3) is 5.38. The SMILES string of the molecule is CCCCCCCCCCCC(=O)[B][C@]1(C)C[C@@H](C)C23C=C(C)[C@H](O)C2(O)C(O)C(CO)=CC(C3=O)C1(C)C. The summed E-state index contributed by atoms with van der Waals surface area (Å²) >= 11 is 0. The van der Waals surface area contributed by atoms with E-state index in [1.54, 1.807) is 26.4 Å². The highest BCUT2D eigenvalue weighted by molar-refractivity contribution is 6.76. The molecule has 0 aromatic rings. The minimum atomic E-state index is -2.20. The summed E-state index contributed by atoms with van der Waals surface area (Å²) in [4.78, 5) is 27.8. The molecular weight excluding hydrogens is 491 g/mol. The zero-order valence-electron chi connectivity index (χ0n) is 25.1. The summed E-state index contributed by atoms with van der Waals surface area (Å²) in [6.07, 6.45) is 11.7. The van der Waals surface area contributed by atoms with Gasteiger partial charge >= 0.3 is 0 Å². The predicted molar refractivity (Wildman–Crippen MR) is 155 cm³/mol. The first kappa shape index (κ1) is 32.2. The van der Waals surface area contributed by atoms with Crippen LogP contribution in [0, 0.1) is 22.7 Å². The molecule has 219 valence electrons. The van der Waals surface area contributed by atoms with Crippen molar-refractivity contribution in [3.8, 4) is 0 Å². The highest BCUT2D eigenvalue weighted by atomic mass is 16.4. The molecule has 3 aliphatic rings. The van der Waals surface area contributed by atoms with Gasteiger partial charge in [0.1, 0.15) is 17.8 Å². The Hall–Kier alpha value is -1.28. The smallest absolute Gasteiger partial charge is 0.209 e. The van der Waals surface area contributed by atoms with Crippen LogP contribution in [0.3, 0.4) is 0 Å². The molecule has 1 saturated carbocycles. The predicted octanol–water partition coefficient (Wildman–Crippen LogP) is 4.90. The first-order valence-electron chi connectivity index (χ1n) is 15.3. The first-order chi connectivity index (χ1) is 18.2. The Balaban J connectivity index is 1.82. The van der Waals surface area contributed by atoms with Gasteiger partial charge in [-0.1, -0.05) is 105 Å². The van der Waals surface area contributed by atoms with Crippen molar-refractivity contribution < 1.29 is 30.0 Å². The van der Waals surface area contributed by atoms with Crippen LogP contribution in [0.15, 0.2) is 23.3 Å². The quantitative estimate of drug-likeness (QED) is 0.149. The van der Waals surface area contributed by atoms with Crippen molar-refractivity contribution in [1.82, 2.24) is 0 Å². The zero-order valence-corrected chi connectivity index (χ0v) is 25.1. The average molecular weight is 544 g/mol. The Kier molecular flexibility index (Phi) is 10.2. The number of fused-ring (bicyclic) bond motifs is 1. The fourth-order valence-corrected chi connectivity index (χ4v) is 7.84. The van der Waals surface area contributed by atoms with E-state index in [4.69, 9.17) is 0 Å². The Morgan fingerprint density at radius 3 is 2.13 bits per heavy atom. The lowest BCUT2D eigenvalue weighted by atomic mass is 9.38. The van der Waals surface area contributed by atoms with Crippen LogP contribution in [-0.2, 0) is 9.59 Å². The van der Waals surface area contributed by atoms with Gasteiger partial charge < -0.3 is 25.2 Å². The molecule has 4 N–H and O–H groups in total. The van der Waals surface area contributed by atoms with Gasteiger partial charge in [0, 0.05) is 5.92 Å². The Morgan fingerprint density at radius 2 is 1.56 bits per heavy atom. The Bertz CT molecular complexity index is 972. The van der Waals surface area contributed by atoms with Gasteiger partial charge in [-0.25, -0.2) is 0 Å². The monoisotopic (exact) mass is 543 g/mol. The van der Waals surface area contributed by atoms with Gasteiger partial charge in [0.2, 0.25) is 7.28 Å². The molecule has 2 bridgehead atoms. The van der Waals surface area contributed by atoms with E-state index >= 15 is 0 Å². The van der Waals surface area contributed by atoms with Crippen LogP contribution < -0.4 is 0 Å². The minimum Gasteiger partial charge on any atom is -0.392 e. The summed E-state index contributed by atoms with van der Waals surface area (Å²) in [5.41, 5.74) is -3.86. The second-order valence-corrected chi connectivity index (χ2v) is 13.6. The molecule has 1 spiro atoms. The summed E-state index contributed by atoms with van der Waals surface area (Å²) < 4.78 is 0. The molecular formula is C32H52BO6. The number of aliphatic hydroxyl groups excluding tert-OH is 3. The molecule has 0 aliphatic heterocycles. The van der Waals surface area contributed by atoms with Gasteiger partial charge in [-0.3, -0.25) is 4.79 Å². The third-order valence-electron chi connectivity index (χ3n) is 10.8. The first-order valence-corrected chi connectivity index (χ1v) is 15.3. The van der Waals surface area contributed by atoms with Crippen LogP contribution in [0.5, 0.6) is 0 Å². The van der Waals surface area contributed by atoms with E-state index in [0.29, 0.717) is 18.4 Å². The van der Waals surface area contributed by atoms with Crippen molar-refractivity contribution in [2.45, 2.75) is 135 Å². The van der Waals surface area contributed by atoms with Crippen molar-refractivity contribution in [1.29, 1.82) is 0 Å². The summed E-state index contributed by atoms with van der Waals surface area (Å²) in [6, 6.07) is 0. The lowest BCUT2D eigenvalue weighted by Crippen LogP contribution is -2.65. The van der Waals surface area contributed by atoms with Crippen LogP contribution >= 0.6 is 0 Å². The number of hydrogen-bond donors (Lipinski definition) is 4. The maximum atomic E-state index is 14.5. The molecule has 0 heterocycles. The fourth-order valence-electron chi connectivity index (χ4n) is 7.84. The summed E-state index contributed by atoms with van der Waals surface area (Å²) in [5, 5.41) is 43.9. The molecule has 0 amide bonds.